The number of ether oxygens (including phenoxy) is 1. The fourth-order valence-electron chi connectivity index (χ4n) is 3.24. The van der Waals surface area contributed by atoms with Gasteiger partial charge in [0.2, 0.25) is 5.78 Å². The second-order valence-corrected chi connectivity index (χ2v) is 6.15. The number of carbonyl (C=O) groups is 2. The van der Waals surface area contributed by atoms with Crippen molar-refractivity contribution in [3.05, 3.63) is 11.8 Å². The van der Waals surface area contributed by atoms with E-state index in [4.69, 9.17) is 4.74 Å². The van der Waals surface area contributed by atoms with Crippen molar-refractivity contribution in [1.82, 2.24) is 0 Å². The van der Waals surface area contributed by atoms with Gasteiger partial charge in [-0.1, -0.05) is 20.8 Å². The Labute approximate surface area is 109 Å². The highest BCUT2D eigenvalue weighted by molar-refractivity contribution is 5.99. The molecule has 1 aliphatic heterocycles. The van der Waals surface area contributed by atoms with Gasteiger partial charge in [0.05, 0.1) is 0 Å². The standard InChI is InChI=1S/C15H22O3/c1-9(2)13-7-14(17)15(4,18-13)12-6-5-10(3)11(12)8-16/h7-12H,5-6H2,1-4H3/t10-,11-,12-,15+/m1/s1. The summed E-state index contributed by atoms with van der Waals surface area (Å²) in [6.45, 7) is 7.96. The van der Waals surface area contributed by atoms with Crippen LogP contribution >= 0.6 is 0 Å². The quantitative estimate of drug-likeness (QED) is 0.723. The minimum atomic E-state index is -0.823. The minimum absolute atomic E-state index is 0.0185. The van der Waals surface area contributed by atoms with Crippen LogP contribution in [0.3, 0.4) is 0 Å². The molecule has 1 heterocycles. The monoisotopic (exact) mass is 250 g/mol. The van der Waals surface area contributed by atoms with Gasteiger partial charge in [0.15, 0.2) is 5.60 Å². The zero-order chi connectivity index (χ0) is 13.5. The van der Waals surface area contributed by atoms with Crippen LogP contribution in [0.2, 0.25) is 0 Å². The van der Waals surface area contributed by atoms with Gasteiger partial charge >= 0.3 is 0 Å². The van der Waals surface area contributed by atoms with Crippen LogP contribution in [0.5, 0.6) is 0 Å². The zero-order valence-corrected chi connectivity index (χ0v) is 11.6. The summed E-state index contributed by atoms with van der Waals surface area (Å²) in [6, 6.07) is 0. The highest BCUT2D eigenvalue weighted by Crippen LogP contribution is 2.47. The van der Waals surface area contributed by atoms with Crippen LogP contribution in [0.1, 0.15) is 40.5 Å². The average Bonchev–Trinajstić information content (AvgIpc) is 2.82. The predicted molar refractivity (Wildman–Crippen MR) is 68.9 cm³/mol. The van der Waals surface area contributed by atoms with Crippen molar-refractivity contribution in [2.24, 2.45) is 23.7 Å². The van der Waals surface area contributed by atoms with Crippen LogP contribution in [0, 0.1) is 23.7 Å². The summed E-state index contributed by atoms with van der Waals surface area (Å²) in [4.78, 5) is 23.5. The molecule has 0 aromatic carbocycles. The molecule has 0 amide bonds. The molecule has 0 radical (unpaired) electrons. The van der Waals surface area contributed by atoms with Crippen molar-refractivity contribution in [2.45, 2.75) is 46.1 Å². The van der Waals surface area contributed by atoms with Crippen LogP contribution in [0.15, 0.2) is 11.8 Å². The summed E-state index contributed by atoms with van der Waals surface area (Å²) in [5, 5.41) is 0. The van der Waals surface area contributed by atoms with Crippen LogP contribution in [-0.4, -0.2) is 17.7 Å². The number of carbonyl (C=O) groups excluding carboxylic acids is 2. The third-order valence-corrected chi connectivity index (χ3v) is 4.58. The molecule has 0 spiro atoms. The lowest BCUT2D eigenvalue weighted by molar-refractivity contribution is -0.138. The number of hydrogen-bond acceptors (Lipinski definition) is 3. The molecule has 0 unspecified atom stereocenters. The molecule has 0 aromatic rings. The first-order chi connectivity index (χ1) is 8.40. The summed E-state index contributed by atoms with van der Waals surface area (Å²) in [5.41, 5.74) is -0.823. The Morgan fingerprint density at radius 1 is 1.44 bits per heavy atom. The van der Waals surface area contributed by atoms with Crippen LogP contribution in [0.25, 0.3) is 0 Å². The van der Waals surface area contributed by atoms with Gasteiger partial charge in [-0.15, -0.1) is 0 Å². The van der Waals surface area contributed by atoms with E-state index in [1.54, 1.807) is 6.08 Å². The van der Waals surface area contributed by atoms with E-state index in [0.29, 0.717) is 5.92 Å². The largest absolute Gasteiger partial charge is 0.483 e. The van der Waals surface area contributed by atoms with Gasteiger partial charge in [-0.3, -0.25) is 4.79 Å². The molecule has 0 bridgehead atoms. The first kappa shape index (κ1) is 13.3. The van der Waals surface area contributed by atoms with Gasteiger partial charge in [-0.25, -0.2) is 0 Å². The first-order valence-electron chi connectivity index (χ1n) is 6.80. The molecule has 0 aromatic heterocycles. The van der Waals surface area contributed by atoms with Gasteiger partial charge in [0.1, 0.15) is 12.0 Å². The molecule has 100 valence electrons. The molecule has 2 rings (SSSR count). The SMILES string of the molecule is CC(C)C1=CC(=O)[C@](C)([C@@H]2CC[C@@H](C)[C@H]2C=O)O1. The molecule has 2 aliphatic rings. The summed E-state index contributed by atoms with van der Waals surface area (Å²) in [7, 11) is 0. The van der Waals surface area contributed by atoms with Crippen molar-refractivity contribution in [3.8, 4) is 0 Å². The summed E-state index contributed by atoms with van der Waals surface area (Å²) in [5.74, 6) is 1.31. The summed E-state index contributed by atoms with van der Waals surface area (Å²) < 4.78 is 5.94. The lowest BCUT2D eigenvalue weighted by Crippen LogP contribution is -2.44. The molecule has 1 saturated carbocycles. The Hall–Kier alpha value is -1.12. The van der Waals surface area contributed by atoms with Gasteiger partial charge in [-0.2, -0.15) is 0 Å². The third-order valence-electron chi connectivity index (χ3n) is 4.58. The Balaban J connectivity index is 2.24. The minimum Gasteiger partial charge on any atom is -0.483 e. The summed E-state index contributed by atoms with van der Waals surface area (Å²) >= 11 is 0. The highest BCUT2D eigenvalue weighted by Gasteiger charge is 2.53. The highest BCUT2D eigenvalue weighted by atomic mass is 16.5. The Morgan fingerprint density at radius 2 is 2.11 bits per heavy atom. The van der Waals surface area contributed by atoms with E-state index in [-0.39, 0.29) is 23.5 Å². The second-order valence-electron chi connectivity index (χ2n) is 6.15. The van der Waals surface area contributed by atoms with Crippen molar-refractivity contribution in [3.63, 3.8) is 0 Å². The Bertz CT molecular complexity index is 397. The molecule has 1 aliphatic carbocycles. The Kier molecular flexibility index (Phi) is 3.35. The van der Waals surface area contributed by atoms with E-state index in [9.17, 15) is 9.59 Å². The van der Waals surface area contributed by atoms with Crippen molar-refractivity contribution < 1.29 is 14.3 Å². The third kappa shape index (κ3) is 1.90. The predicted octanol–water partition coefficient (Wildman–Crippen LogP) is 2.75. The molecule has 0 N–H and O–H groups in total. The molecule has 18 heavy (non-hydrogen) atoms. The van der Waals surface area contributed by atoms with Crippen LogP contribution in [-0.2, 0) is 14.3 Å². The first-order valence-corrected chi connectivity index (χ1v) is 6.80. The zero-order valence-electron chi connectivity index (χ0n) is 11.6. The number of ketones is 1. The molecular formula is C15H22O3. The van der Waals surface area contributed by atoms with Gasteiger partial charge in [-0.05, 0) is 25.7 Å². The van der Waals surface area contributed by atoms with Crippen molar-refractivity contribution in [1.29, 1.82) is 0 Å². The fraction of sp³-hybridized carbons (Fsp3) is 0.733. The van der Waals surface area contributed by atoms with Crippen molar-refractivity contribution >= 4 is 12.1 Å². The number of rotatable bonds is 3. The smallest absolute Gasteiger partial charge is 0.202 e. The van der Waals surface area contributed by atoms with E-state index in [1.807, 2.05) is 20.8 Å². The normalized spacial score (nSPS) is 39.9. The number of hydrogen-bond donors (Lipinski definition) is 0. The van der Waals surface area contributed by atoms with Crippen molar-refractivity contribution in [2.75, 3.05) is 0 Å². The van der Waals surface area contributed by atoms with E-state index in [0.717, 1.165) is 24.9 Å². The molecular weight excluding hydrogens is 228 g/mol. The van der Waals surface area contributed by atoms with Crippen LogP contribution < -0.4 is 0 Å². The molecule has 3 nitrogen and oxygen atoms in total. The molecule has 0 saturated heterocycles. The molecule has 3 heteroatoms. The van der Waals surface area contributed by atoms with Gasteiger partial charge in [0.25, 0.3) is 0 Å². The molecule has 4 atom stereocenters. The maximum atomic E-state index is 12.2. The van der Waals surface area contributed by atoms with Gasteiger partial charge in [0, 0.05) is 23.8 Å². The van der Waals surface area contributed by atoms with Crippen LogP contribution in [0.4, 0.5) is 0 Å². The number of aldehydes is 1. The van der Waals surface area contributed by atoms with Gasteiger partial charge < -0.3 is 9.53 Å². The maximum Gasteiger partial charge on any atom is 0.202 e. The fourth-order valence-corrected chi connectivity index (χ4v) is 3.24. The lowest BCUT2D eigenvalue weighted by atomic mass is 9.78. The van der Waals surface area contributed by atoms with E-state index >= 15 is 0 Å². The Morgan fingerprint density at radius 3 is 2.61 bits per heavy atom. The average molecular weight is 250 g/mol. The van der Waals surface area contributed by atoms with E-state index < -0.39 is 5.60 Å². The van der Waals surface area contributed by atoms with E-state index in [2.05, 4.69) is 6.92 Å². The number of allylic oxidation sites excluding steroid dienone is 1. The maximum absolute atomic E-state index is 12.2. The topological polar surface area (TPSA) is 43.4 Å². The molecule has 1 fully saturated rings. The van der Waals surface area contributed by atoms with E-state index in [1.165, 1.54) is 0 Å². The lowest BCUT2D eigenvalue weighted by Gasteiger charge is -2.33. The summed E-state index contributed by atoms with van der Waals surface area (Å²) in [6.07, 6.45) is 4.52. The second kappa shape index (κ2) is 4.52.